The lowest BCUT2D eigenvalue weighted by atomic mass is 9.97. The van der Waals surface area contributed by atoms with Crippen LogP contribution in [0, 0.1) is 18.6 Å². The highest BCUT2D eigenvalue weighted by atomic mass is 19.1. The van der Waals surface area contributed by atoms with Crippen LogP contribution in [0.25, 0.3) is 22.3 Å². The number of hydrogen-bond donors (Lipinski definition) is 1. The summed E-state index contributed by atoms with van der Waals surface area (Å²) in [6.45, 7) is 8.10. The van der Waals surface area contributed by atoms with E-state index >= 15 is 0 Å². The highest BCUT2D eigenvalue weighted by molar-refractivity contribution is 5.91. The lowest BCUT2D eigenvalue weighted by Crippen LogP contribution is -2.48. The summed E-state index contributed by atoms with van der Waals surface area (Å²) in [6.07, 6.45) is -0.717. The molecule has 2 aromatic carbocycles. The Morgan fingerprint density at radius 1 is 1.17 bits per heavy atom. The van der Waals surface area contributed by atoms with E-state index in [1.54, 1.807) is 31.7 Å². The molecule has 2 heterocycles. The van der Waals surface area contributed by atoms with Crippen molar-refractivity contribution in [1.82, 2.24) is 4.90 Å². The van der Waals surface area contributed by atoms with Gasteiger partial charge in [0.05, 0.1) is 30.4 Å². The third-order valence-corrected chi connectivity index (χ3v) is 5.69. The zero-order valence-corrected chi connectivity index (χ0v) is 20.0. The Morgan fingerprint density at radius 2 is 1.86 bits per heavy atom. The van der Waals surface area contributed by atoms with Gasteiger partial charge in [-0.25, -0.2) is 18.4 Å². The summed E-state index contributed by atoms with van der Waals surface area (Å²) in [5.41, 5.74) is 0.261. The van der Waals surface area contributed by atoms with Crippen molar-refractivity contribution < 1.29 is 37.4 Å². The Kier molecular flexibility index (Phi) is 6.55. The first-order valence-corrected chi connectivity index (χ1v) is 11.3. The van der Waals surface area contributed by atoms with Gasteiger partial charge in [-0.2, -0.15) is 0 Å². The summed E-state index contributed by atoms with van der Waals surface area (Å²) in [7, 11) is 0. The molecule has 1 aliphatic heterocycles. The second-order valence-corrected chi connectivity index (χ2v) is 9.65. The largest absolute Gasteiger partial charge is 0.478 e. The Bertz CT molecular complexity index is 1270. The molecule has 1 saturated heterocycles. The molecule has 1 N–H and O–H groups in total. The third kappa shape index (κ3) is 5.30. The number of halogens is 2. The van der Waals surface area contributed by atoms with E-state index in [0.717, 1.165) is 17.7 Å². The van der Waals surface area contributed by atoms with Crippen LogP contribution in [-0.2, 0) is 15.9 Å². The lowest BCUT2D eigenvalue weighted by Gasteiger charge is -2.34. The van der Waals surface area contributed by atoms with Crippen LogP contribution in [0.5, 0.6) is 0 Å². The number of carboxylic acids is 1. The molecule has 0 radical (unpaired) electrons. The number of carboxylic acid groups (broad SMARTS) is 1. The molecule has 186 valence electrons. The molecular weight excluding hydrogens is 460 g/mol. The molecule has 1 aromatic heterocycles. The summed E-state index contributed by atoms with van der Waals surface area (Å²) in [4.78, 5) is 25.3. The van der Waals surface area contributed by atoms with Crippen molar-refractivity contribution in [3.8, 4) is 11.3 Å². The first kappa shape index (κ1) is 24.7. The SMILES string of the molecule is Cc1ccc2c(CC3CN(C(=O)OC(C)(C)C)CCO3)c(-c3c(F)cc(C(=O)O)cc3F)oc2c1. The standard InChI is InChI=1S/C26H27F2NO6/c1-14-5-6-17-18(12-16-13-29(7-8-33-16)25(32)35-26(2,3)4)23(34-21(17)9-14)22-19(27)10-15(24(30)31)11-20(22)28/h5-6,9-11,16H,7-8,12-13H2,1-4H3,(H,30,31). The summed E-state index contributed by atoms with van der Waals surface area (Å²) in [5.74, 6) is -3.55. The van der Waals surface area contributed by atoms with Crippen LogP contribution in [0.1, 0.15) is 42.3 Å². The minimum atomic E-state index is -1.44. The fourth-order valence-corrected chi connectivity index (χ4v) is 4.14. The topological polar surface area (TPSA) is 89.2 Å². The van der Waals surface area contributed by atoms with Crippen LogP contribution in [-0.4, -0.2) is 53.5 Å². The van der Waals surface area contributed by atoms with Crippen LogP contribution in [0.3, 0.4) is 0 Å². The maximum absolute atomic E-state index is 15.0. The van der Waals surface area contributed by atoms with Gasteiger partial charge in [0.1, 0.15) is 28.6 Å². The van der Waals surface area contributed by atoms with E-state index in [9.17, 15) is 18.4 Å². The van der Waals surface area contributed by atoms with E-state index in [-0.39, 0.29) is 25.3 Å². The number of rotatable bonds is 4. The second-order valence-electron chi connectivity index (χ2n) is 9.65. The Morgan fingerprint density at radius 3 is 2.49 bits per heavy atom. The fraction of sp³-hybridized carbons (Fsp3) is 0.385. The molecule has 1 amide bonds. The quantitative estimate of drug-likeness (QED) is 0.518. The lowest BCUT2D eigenvalue weighted by molar-refractivity contribution is -0.0414. The van der Waals surface area contributed by atoms with E-state index < -0.39 is 46.5 Å². The van der Waals surface area contributed by atoms with Gasteiger partial charge in [0.25, 0.3) is 0 Å². The Labute approximate surface area is 201 Å². The number of aryl methyl sites for hydroxylation is 1. The molecule has 1 aliphatic rings. The van der Waals surface area contributed by atoms with Crippen molar-refractivity contribution in [3.05, 3.63) is 58.7 Å². The number of morpholine rings is 1. The normalized spacial score (nSPS) is 16.5. The first-order valence-electron chi connectivity index (χ1n) is 11.3. The zero-order chi connectivity index (χ0) is 25.5. The van der Waals surface area contributed by atoms with Crippen LogP contribution in [0.4, 0.5) is 13.6 Å². The first-order chi connectivity index (χ1) is 16.4. The van der Waals surface area contributed by atoms with Gasteiger partial charge in [-0.05, 0) is 51.5 Å². The Hall–Kier alpha value is -3.46. The molecule has 35 heavy (non-hydrogen) atoms. The molecule has 0 bridgehead atoms. The molecule has 0 aliphatic carbocycles. The molecule has 4 rings (SSSR count). The summed E-state index contributed by atoms with van der Waals surface area (Å²) < 4.78 is 47.2. The number of amides is 1. The van der Waals surface area contributed by atoms with Crippen molar-refractivity contribution in [2.45, 2.75) is 45.8 Å². The van der Waals surface area contributed by atoms with Crippen molar-refractivity contribution in [2.24, 2.45) is 0 Å². The van der Waals surface area contributed by atoms with Gasteiger partial charge in [0, 0.05) is 23.9 Å². The van der Waals surface area contributed by atoms with Gasteiger partial charge >= 0.3 is 12.1 Å². The van der Waals surface area contributed by atoms with Gasteiger partial charge in [0.2, 0.25) is 0 Å². The minimum Gasteiger partial charge on any atom is -0.478 e. The molecule has 1 unspecified atom stereocenters. The summed E-state index contributed by atoms with van der Waals surface area (Å²) in [5, 5.41) is 9.79. The molecule has 9 heteroatoms. The van der Waals surface area contributed by atoms with E-state index in [2.05, 4.69) is 0 Å². The highest BCUT2D eigenvalue weighted by Crippen LogP contribution is 2.38. The average molecular weight is 487 g/mol. The maximum Gasteiger partial charge on any atom is 0.410 e. The van der Waals surface area contributed by atoms with Crippen LogP contribution in [0.2, 0.25) is 0 Å². The van der Waals surface area contributed by atoms with E-state index in [0.29, 0.717) is 23.1 Å². The van der Waals surface area contributed by atoms with Crippen LogP contribution >= 0.6 is 0 Å². The number of aromatic carboxylic acids is 1. The minimum absolute atomic E-state index is 0.0319. The molecule has 1 atom stereocenters. The molecular formula is C26H27F2NO6. The van der Waals surface area contributed by atoms with Crippen molar-refractivity contribution in [2.75, 3.05) is 19.7 Å². The molecule has 0 spiro atoms. The monoisotopic (exact) mass is 487 g/mol. The molecule has 3 aromatic rings. The fourth-order valence-electron chi connectivity index (χ4n) is 4.14. The highest BCUT2D eigenvalue weighted by Gasteiger charge is 2.31. The van der Waals surface area contributed by atoms with Gasteiger partial charge in [-0.3, -0.25) is 0 Å². The van der Waals surface area contributed by atoms with E-state index in [1.165, 1.54) is 0 Å². The maximum atomic E-state index is 15.0. The van der Waals surface area contributed by atoms with E-state index in [4.69, 9.17) is 19.0 Å². The zero-order valence-electron chi connectivity index (χ0n) is 20.0. The number of ether oxygens (including phenoxy) is 2. The Balaban J connectivity index is 1.72. The number of nitrogens with zero attached hydrogens (tertiary/aromatic N) is 1. The van der Waals surface area contributed by atoms with Crippen molar-refractivity contribution in [3.63, 3.8) is 0 Å². The average Bonchev–Trinajstić information content (AvgIpc) is 3.09. The summed E-state index contributed by atoms with van der Waals surface area (Å²) in [6, 6.07) is 6.97. The molecule has 7 nitrogen and oxygen atoms in total. The van der Waals surface area contributed by atoms with Gasteiger partial charge in [-0.15, -0.1) is 0 Å². The number of fused-ring (bicyclic) bond motifs is 1. The number of carbonyl (C=O) groups is 2. The predicted octanol–water partition coefficient (Wildman–Crippen LogP) is 5.56. The van der Waals surface area contributed by atoms with Gasteiger partial charge in [-0.1, -0.05) is 12.1 Å². The van der Waals surface area contributed by atoms with Crippen LogP contribution < -0.4 is 0 Å². The predicted molar refractivity (Wildman–Crippen MR) is 125 cm³/mol. The van der Waals surface area contributed by atoms with Crippen LogP contribution in [0.15, 0.2) is 34.7 Å². The third-order valence-electron chi connectivity index (χ3n) is 5.69. The van der Waals surface area contributed by atoms with Gasteiger partial charge in [0.15, 0.2) is 0 Å². The number of carbonyl (C=O) groups excluding carboxylic acids is 1. The number of benzene rings is 2. The smallest absolute Gasteiger partial charge is 0.410 e. The second kappa shape index (κ2) is 9.30. The molecule has 0 saturated carbocycles. The van der Waals surface area contributed by atoms with E-state index in [1.807, 2.05) is 19.1 Å². The summed E-state index contributed by atoms with van der Waals surface area (Å²) >= 11 is 0. The number of hydrogen-bond acceptors (Lipinski definition) is 5. The number of furan rings is 1. The van der Waals surface area contributed by atoms with Gasteiger partial charge < -0.3 is 23.9 Å². The van der Waals surface area contributed by atoms with Crippen molar-refractivity contribution >= 4 is 23.0 Å². The van der Waals surface area contributed by atoms with Crippen molar-refractivity contribution in [1.29, 1.82) is 0 Å². The molecule has 1 fully saturated rings.